The Morgan fingerprint density at radius 1 is 1.00 bits per heavy atom. The van der Waals surface area contributed by atoms with Crippen molar-refractivity contribution in [3.63, 3.8) is 0 Å². The van der Waals surface area contributed by atoms with Gasteiger partial charge in [-0.3, -0.25) is 0 Å². The zero-order chi connectivity index (χ0) is 14.7. The fourth-order valence-electron chi connectivity index (χ4n) is 2.26. The zero-order valence-electron chi connectivity index (χ0n) is 11.8. The molecule has 5 nitrogen and oxygen atoms in total. The highest BCUT2D eigenvalue weighted by Gasteiger charge is 2.13. The first-order valence-corrected chi connectivity index (χ1v) is 6.75. The van der Waals surface area contributed by atoms with E-state index in [1.54, 1.807) is 12.1 Å². The van der Waals surface area contributed by atoms with Gasteiger partial charge in [-0.2, -0.15) is 0 Å². The summed E-state index contributed by atoms with van der Waals surface area (Å²) in [5, 5.41) is 11.0. The highest BCUT2D eigenvalue weighted by atomic mass is 35.5. The summed E-state index contributed by atoms with van der Waals surface area (Å²) in [5.41, 5.74) is 2.58. The third-order valence-corrected chi connectivity index (χ3v) is 3.40. The van der Waals surface area contributed by atoms with E-state index in [2.05, 4.69) is 5.32 Å². The molecular weight excluding hydrogens is 306 g/mol. The van der Waals surface area contributed by atoms with E-state index in [1.165, 1.54) is 5.56 Å². The van der Waals surface area contributed by atoms with Gasteiger partial charge in [0.15, 0.2) is 11.5 Å². The number of ether oxygens (including phenoxy) is 2. The molecule has 0 aliphatic carbocycles. The van der Waals surface area contributed by atoms with Crippen LogP contribution in [0.3, 0.4) is 0 Å². The molecule has 0 saturated carbocycles. The summed E-state index contributed by atoms with van der Waals surface area (Å²) in [4.78, 5) is 10.8. The van der Waals surface area contributed by atoms with Crippen LogP contribution in [0.15, 0.2) is 42.5 Å². The number of fused-ring (bicyclic) bond motifs is 1. The summed E-state index contributed by atoms with van der Waals surface area (Å²) in [5.74, 6) is 0.695. The summed E-state index contributed by atoms with van der Waals surface area (Å²) in [7, 11) is 0. The first kappa shape index (κ1) is 16.1. The number of carbonyl (C=O) groups is 1. The molecule has 0 unspecified atom stereocenters. The largest absolute Gasteiger partial charge is 1.00 e. The van der Waals surface area contributed by atoms with Crippen LogP contribution < -0.4 is 27.2 Å². The maximum atomic E-state index is 10.8. The van der Waals surface area contributed by atoms with E-state index in [9.17, 15) is 4.79 Å². The number of hydrogen-bond donors (Lipinski definition) is 2. The van der Waals surface area contributed by atoms with Crippen LogP contribution >= 0.6 is 0 Å². The number of hydrogen-bond acceptors (Lipinski definition) is 3. The van der Waals surface area contributed by atoms with Crippen molar-refractivity contribution in [2.24, 2.45) is 0 Å². The Labute approximate surface area is 134 Å². The second kappa shape index (κ2) is 7.15. The Morgan fingerprint density at radius 2 is 1.64 bits per heavy atom. The first-order chi connectivity index (χ1) is 10.2. The number of benzene rings is 2. The molecule has 6 heteroatoms. The van der Waals surface area contributed by atoms with E-state index in [-0.39, 0.29) is 12.4 Å². The molecular formula is C16H16ClNO4. The van der Waals surface area contributed by atoms with E-state index >= 15 is 0 Å². The van der Waals surface area contributed by atoms with Crippen molar-refractivity contribution in [3.05, 3.63) is 59.2 Å². The lowest BCUT2D eigenvalue weighted by Gasteiger charge is -2.04. The standard InChI is InChI=1S/C16H15NO4.ClH/c18-16(19)13-4-1-11(2-5-13)8-17-9-12-3-6-14-15(7-12)21-10-20-14;/h1-7,17H,8-10H2,(H,18,19);1H. The van der Waals surface area contributed by atoms with Gasteiger partial charge in [0.25, 0.3) is 0 Å². The monoisotopic (exact) mass is 321 g/mol. The van der Waals surface area contributed by atoms with E-state index in [1.807, 2.05) is 30.3 Å². The zero-order valence-corrected chi connectivity index (χ0v) is 12.5. The molecule has 2 aromatic rings. The van der Waals surface area contributed by atoms with Gasteiger partial charge >= 0.3 is 5.97 Å². The summed E-state index contributed by atoms with van der Waals surface area (Å²) < 4.78 is 10.6. The fourth-order valence-corrected chi connectivity index (χ4v) is 2.26. The molecule has 22 heavy (non-hydrogen) atoms. The summed E-state index contributed by atoms with van der Waals surface area (Å²) in [6, 6.07) is 12.9. The van der Waals surface area contributed by atoms with Gasteiger partial charge in [-0.1, -0.05) is 12.1 Å². The average molecular weight is 322 g/mol. The van der Waals surface area contributed by atoms with Crippen molar-refractivity contribution in [3.8, 4) is 11.5 Å². The molecule has 1 aliphatic heterocycles. The second-order valence-electron chi connectivity index (χ2n) is 4.89. The van der Waals surface area contributed by atoms with Gasteiger partial charge in [0.2, 0.25) is 6.79 Å². The first-order valence-electron chi connectivity index (χ1n) is 6.75. The molecule has 116 valence electrons. The molecule has 1 aliphatic rings. The normalized spacial score (nSPS) is 11.8. The van der Waals surface area contributed by atoms with Crippen LogP contribution in [0.25, 0.3) is 0 Å². The Morgan fingerprint density at radius 3 is 2.36 bits per heavy atom. The predicted molar refractivity (Wildman–Crippen MR) is 75.3 cm³/mol. The van der Waals surface area contributed by atoms with Crippen LogP contribution in [0.5, 0.6) is 11.5 Å². The molecule has 0 amide bonds. The number of halogens is 1. The lowest BCUT2D eigenvalue weighted by atomic mass is 10.1. The third-order valence-electron chi connectivity index (χ3n) is 3.40. The summed E-state index contributed by atoms with van der Waals surface area (Å²) in [6.45, 7) is 1.92. The van der Waals surface area contributed by atoms with E-state index in [0.29, 0.717) is 12.4 Å². The van der Waals surface area contributed by atoms with Crippen LogP contribution in [0.2, 0.25) is 0 Å². The number of aromatic carboxylic acids is 1. The number of carboxylic acid groups (broad SMARTS) is 1. The molecule has 3 N–H and O–H groups in total. The SMILES string of the molecule is O=C(O)c1ccc(C[NH2+]Cc2ccc3c(c2)OCO3)cc1.[Cl-]. The maximum Gasteiger partial charge on any atom is 0.335 e. The Hall–Kier alpha value is -2.24. The molecule has 0 atom stereocenters. The molecule has 0 fully saturated rings. The Bertz CT molecular complexity index is 658. The van der Waals surface area contributed by atoms with Crippen molar-refractivity contribution >= 4 is 5.97 Å². The number of carboxylic acids is 1. The van der Waals surface area contributed by atoms with Crippen molar-refractivity contribution in [2.75, 3.05) is 6.79 Å². The molecule has 0 aromatic heterocycles. The quantitative estimate of drug-likeness (QED) is 0.694. The predicted octanol–water partition coefficient (Wildman–Crippen LogP) is -1.62. The van der Waals surface area contributed by atoms with E-state index in [4.69, 9.17) is 14.6 Å². The van der Waals surface area contributed by atoms with Crippen LogP contribution in [0.4, 0.5) is 0 Å². The Balaban J connectivity index is 0.00000176. The highest BCUT2D eigenvalue weighted by Crippen LogP contribution is 2.32. The van der Waals surface area contributed by atoms with Gasteiger partial charge in [0, 0.05) is 11.1 Å². The topological polar surface area (TPSA) is 72.4 Å². The highest BCUT2D eigenvalue weighted by molar-refractivity contribution is 5.87. The molecule has 0 bridgehead atoms. The van der Waals surface area contributed by atoms with Gasteiger partial charge in [-0.15, -0.1) is 0 Å². The third kappa shape index (κ3) is 3.69. The minimum absolute atomic E-state index is 0. The minimum Gasteiger partial charge on any atom is -1.00 e. The van der Waals surface area contributed by atoms with Gasteiger partial charge in [-0.25, -0.2) is 4.79 Å². The molecule has 0 spiro atoms. The average Bonchev–Trinajstić information content (AvgIpc) is 2.95. The van der Waals surface area contributed by atoms with Crippen molar-refractivity contribution in [2.45, 2.75) is 13.1 Å². The Kier molecular flexibility index (Phi) is 5.25. The van der Waals surface area contributed by atoms with Crippen LogP contribution in [0.1, 0.15) is 21.5 Å². The number of nitrogens with two attached hydrogens (primary N) is 1. The van der Waals surface area contributed by atoms with Crippen molar-refractivity contribution in [1.82, 2.24) is 0 Å². The van der Waals surface area contributed by atoms with Crippen LogP contribution in [0, 0.1) is 0 Å². The second-order valence-corrected chi connectivity index (χ2v) is 4.89. The maximum absolute atomic E-state index is 10.8. The van der Waals surface area contributed by atoms with Crippen LogP contribution in [-0.2, 0) is 13.1 Å². The van der Waals surface area contributed by atoms with Crippen molar-refractivity contribution in [1.29, 1.82) is 0 Å². The van der Waals surface area contributed by atoms with Crippen LogP contribution in [-0.4, -0.2) is 17.9 Å². The molecule has 0 saturated heterocycles. The van der Waals surface area contributed by atoms with E-state index < -0.39 is 5.97 Å². The van der Waals surface area contributed by atoms with Gasteiger partial charge in [-0.05, 0) is 30.3 Å². The van der Waals surface area contributed by atoms with E-state index in [0.717, 1.165) is 30.2 Å². The molecule has 0 radical (unpaired) electrons. The minimum atomic E-state index is -0.897. The van der Waals surface area contributed by atoms with Gasteiger partial charge in [0.1, 0.15) is 13.1 Å². The molecule has 1 heterocycles. The summed E-state index contributed by atoms with van der Waals surface area (Å²) in [6.07, 6.45) is 0. The van der Waals surface area contributed by atoms with Crippen molar-refractivity contribution < 1.29 is 37.1 Å². The molecule has 3 rings (SSSR count). The smallest absolute Gasteiger partial charge is 0.335 e. The summed E-state index contributed by atoms with van der Waals surface area (Å²) >= 11 is 0. The lowest BCUT2D eigenvalue weighted by molar-refractivity contribution is -0.686. The lowest BCUT2D eigenvalue weighted by Crippen LogP contribution is -3.00. The number of rotatable bonds is 5. The molecule has 2 aromatic carbocycles. The van der Waals surface area contributed by atoms with Gasteiger partial charge in [0.05, 0.1) is 5.56 Å². The fraction of sp³-hybridized carbons (Fsp3) is 0.188. The number of quaternary nitrogens is 1. The van der Waals surface area contributed by atoms with Gasteiger partial charge < -0.3 is 32.3 Å².